The van der Waals surface area contributed by atoms with Crippen molar-refractivity contribution in [3.63, 3.8) is 0 Å². The highest BCUT2D eigenvalue weighted by molar-refractivity contribution is 9.10. The first-order valence-corrected chi connectivity index (χ1v) is 9.53. The Balaban J connectivity index is 1.96. The van der Waals surface area contributed by atoms with Crippen LogP contribution in [0.2, 0.25) is 5.02 Å². The third-order valence-electron chi connectivity index (χ3n) is 4.37. The molecule has 1 amide bonds. The van der Waals surface area contributed by atoms with Crippen molar-refractivity contribution in [1.29, 1.82) is 0 Å². The van der Waals surface area contributed by atoms with Gasteiger partial charge < -0.3 is 15.4 Å². The van der Waals surface area contributed by atoms with Crippen LogP contribution in [0.15, 0.2) is 28.7 Å². The fraction of sp³-hybridized carbons (Fsp3) is 0.412. The van der Waals surface area contributed by atoms with Crippen molar-refractivity contribution in [1.82, 2.24) is 15.1 Å². The Morgan fingerprint density at radius 2 is 2.11 bits per heavy atom. The highest BCUT2D eigenvalue weighted by Crippen LogP contribution is 2.46. The second-order valence-corrected chi connectivity index (χ2v) is 7.54. The van der Waals surface area contributed by atoms with Gasteiger partial charge in [-0.3, -0.25) is 4.79 Å². The number of fused-ring (bicyclic) bond motifs is 1. The van der Waals surface area contributed by atoms with E-state index in [1.807, 2.05) is 0 Å². The second-order valence-electron chi connectivity index (χ2n) is 6.25. The number of amides is 1. The van der Waals surface area contributed by atoms with E-state index in [1.165, 1.54) is 7.11 Å². The number of alkyl halides is 3. The minimum atomic E-state index is -4.55. The Labute approximate surface area is 172 Å². The minimum Gasteiger partial charge on any atom is -0.383 e. The SMILES string of the molecule is COCCNC(=O)c1nn2c(c1Cl)N[C@H](c1ccc(Br)cc1)C[C@@H]2C(F)(F)F. The number of carbonyl (C=O) groups excluding carboxylic acids is 1. The molecule has 0 spiro atoms. The molecule has 0 aliphatic carbocycles. The lowest BCUT2D eigenvalue weighted by Gasteiger charge is -2.33. The number of aromatic nitrogens is 2. The van der Waals surface area contributed by atoms with Crippen LogP contribution in [0.4, 0.5) is 19.0 Å². The summed E-state index contributed by atoms with van der Waals surface area (Å²) in [6.45, 7) is 0.442. The van der Waals surface area contributed by atoms with E-state index in [1.54, 1.807) is 24.3 Å². The molecule has 2 heterocycles. The van der Waals surface area contributed by atoms with E-state index in [0.717, 1.165) is 9.15 Å². The molecule has 0 radical (unpaired) electrons. The molecule has 6 nitrogen and oxygen atoms in total. The van der Waals surface area contributed by atoms with E-state index in [4.69, 9.17) is 16.3 Å². The fourth-order valence-corrected chi connectivity index (χ4v) is 3.53. The third kappa shape index (κ3) is 4.28. The van der Waals surface area contributed by atoms with E-state index in [0.29, 0.717) is 5.56 Å². The topological polar surface area (TPSA) is 68.2 Å². The number of rotatable bonds is 5. The maximum absolute atomic E-state index is 13.7. The summed E-state index contributed by atoms with van der Waals surface area (Å²) < 4.78 is 47.5. The van der Waals surface area contributed by atoms with Gasteiger partial charge in [-0.05, 0) is 17.7 Å². The summed E-state index contributed by atoms with van der Waals surface area (Å²) in [5.41, 5.74) is 0.415. The number of carbonyl (C=O) groups is 1. The lowest BCUT2D eigenvalue weighted by atomic mass is 9.97. The van der Waals surface area contributed by atoms with Crippen molar-refractivity contribution >= 4 is 39.3 Å². The van der Waals surface area contributed by atoms with Gasteiger partial charge in [0.1, 0.15) is 10.8 Å². The highest BCUT2D eigenvalue weighted by atomic mass is 79.9. The Kier molecular flexibility index (Phi) is 6.21. The van der Waals surface area contributed by atoms with Crippen molar-refractivity contribution in [3.05, 3.63) is 45.0 Å². The van der Waals surface area contributed by atoms with Crippen LogP contribution in [0.25, 0.3) is 0 Å². The Bertz CT molecular complexity index is 857. The van der Waals surface area contributed by atoms with E-state index in [-0.39, 0.29) is 36.1 Å². The van der Waals surface area contributed by atoms with Crippen molar-refractivity contribution in [3.8, 4) is 0 Å². The molecule has 1 aromatic heterocycles. The summed E-state index contributed by atoms with van der Waals surface area (Å²) in [6.07, 6.45) is -4.83. The van der Waals surface area contributed by atoms with Crippen LogP contribution < -0.4 is 10.6 Å². The van der Waals surface area contributed by atoms with Crippen molar-refractivity contribution < 1.29 is 22.7 Å². The maximum atomic E-state index is 13.7. The van der Waals surface area contributed by atoms with Crippen LogP contribution in [0.3, 0.4) is 0 Å². The van der Waals surface area contributed by atoms with Gasteiger partial charge in [0.05, 0.1) is 12.6 Å². The van der Waals surface area contributed by atoms with Gasteiger partial charge in [-0.2, -0.15) is 18.3 Å². The molecule has 0 unspecified atom stereocenters. The van der Waals surface area contributed by atoms with Crippen molar-refractivity contribution in [2.45, 2.75) is 24.7 Å². The summed E-state index contributed by atoms with van der Waals surface area (Å²) in [7, 11) is 1.47. The first kappa shape index (κ1) is 20.9. The smallest absolute Gasteiger partial charge is 0.383 e. The number of methoxy groups -OCH3 is 1. The van der Waals surface area contributed by atoms with Gasteiger partial charge in [0, 0.05) is 24.5 Å². The monoisotopic (exact) mass is 480 g/mol. The fourth-order valence-electron chi connectivity index (χ4n) is 3.00. The molecular weight excluding hydrogens is 465 g/mol. The van der Waals surface area contributed by atoms with Crippen LogP contribution in [0.5, 0.6) is 0 Å². The average Bonchev–Trinajstić information content (AvgIpc) is 2.98. The molecule has 2 N–H and O–H groups in total. The van der Waals surface area contributed by atoms with E-state index in [2.05, 4.69) is 31.7 Å². The molecule has 11 heteroatoms. The predicted octanol–water partition coefficient (Wildman–Crippen LogP) is 4.34. The van der Waals surface area contributed by atoms with Crippen LogP contribution in [0.1, 0.15) is 34.6 Å². The van der Waals surface area contributed by atoms with E-state index >= 15 is 0 Å². The first-order valence-electron chi connectivity index (χ1n) is 8.36. The molecule has 152 valence electrons. The zero-order valence-electron chi connectivity index (χ0n) is 14.7. The third-order valence-corrected chi connectivity index (χ3v) is 5.26. The maximum Gasteiger partial charge on any atom is 0.410 e. The van der Waals surface area contributed by atoms with Gasteiger partial charge in [0.15, 0.2) is 11.7 Å². The molecule has 0 saturated heterocycles. The zero-order chi connectivity index (χ0) is 20.5. The van der Waals surface area contributed by atoms with Gasteiger partial charge >= 0.3 is 6.18 Å². The number of hydrogen-bond donors (Lipinski definition) is 2. The number of nitrogens with one attached hydrogen (secondary N) is 2. The number of halogens is 5. The Hall–Kier alpha value is -1.78. The molecule has 28 heavy (non-hydrogen) atoms. The van der Waals surface area contributed by atoms with Gasteiger partial charge in [0.2, 0.25) is 0 Å². The molecule has 0 saturated carbocycles. The van der Waals surface area contributed by atoms with Gasteiger partial charge in [0.25, 0.3) is 5.91 Å². The van der Waals surface area contributed by atoms with Crippen LogP contribution in [-0.4, -0.2) is 42.1 Å². The quantitative estimate of drug-likeness (QED) is 0.624. The molecule has 2 aromatic rings. The molecule has 3 rings (SSSR count). The van der Waals surface area contributed by atoms with E-state index < -0.39 is 24.2 Å². The second kappa shape index (κ2) is 8.30. The predicted molar refractivity (Wildman–Crippen MR) is 102 cm³/mol. The number of nitrogens with zero attached hydrogens (tertiary/aromatic N) is 2. The normalized spacial score (nSPS) is 19.1. The van der Waals surface area contributed by atoms with Crippen LogP contribution in [0, 0.1) is 0 Å². The zero-order valence-corrected chi connectivity index (χ0v) is 17.0. The molecule has 2 atom stereocenters. The van der Waals surface area contributed by atoms with Crippen LogP contribution >= 0.6 is 27.5 Å². The standard InChI is InChI=1S/C17H17BrClF3N4O2/c1-28-7-6-23-16(27)14-13(19)15-24-11(9-2-4-10(18)5-3-9)8-12(17(20,21)22)26(15)25-14/h2-5,11-12,24H,6-8H2,1H3,(H,23,27)/t11-,12+/m0/s1. The van der Waals surface area contributed by atoms with Crippen LogP contribution in [-0.2, 0) is 4.74 Å². The molecule has 0 fully saturated rings. The molecule has 1 aliphatic rings. The number of hydrogen-bond acceptors (Lipinski definition) is 4. The molecular formula is C17H17BrClF3N4O2. The van der Waals surface area contributed by atoms with Gasteiger partial charge in [-0.25, -0.2) is 4.68 Å². The van der Waals surface area contributed by atoms with Gasteiger partial charge in [-0.15, -0.1) is 0 Å². The summed E-state index contributed by atoms with van der Waals surface area (Å²) in [4.78, 5) is 12.3. The highest BCUT2D eigenvalue weighted by Gasteiger charge is 2.47. The lowest BCUT2D eigenvalue weighted by Crippen LogP contribution is -2.36. The summed E-state index contributed by atoms with van der Waals surface area (Å²) >= 11 is 9.54. The number of anilines is 1. The molecule has 1 aliphatic heterocycles. The first-order chi connectivity index (χ1) is 13.2. The Morgan fingerprint density at radius 1 is 1.43 bits per heavy atom. The summed E-state index contributed by atoms with van der Waals surface area (Å²) in [5, 5.41) is 9.22. The minimum absolute atomic E-state index is 0.0277. The summed E-state index contributed by atoms with van der Waals surface area (Å²) in [5.74, 6) is -0.688. The largest absolute Gasteiger partial charge is 0.410 e. The van der Waals surface area contributed by atoms with E-state index in [9.17, 15) is 18.0 Å². The Morgan fingerprint density at radius 3 is 2.71 bits per heavy atom. The molecule has 1 aromatic carbocycles. The van der Waals surface area contributed by atoms with Crippen molar-refractivity contribution in [2.24, 2.45) is 0 Å². The number of benzene rings is 1. The number of ether oxygens (including phenoxy) is 1. The van der Waals surface area contributed by atoms with Crippen molar-refractivity contribution in [2.75, 3.05) is 25.6 Å². The molecule has 0 bridgehead atoms. The summed E-state index contributed by atoms with van der Waals surface area (Å²) in [6, 6.07) is 4.42. The average molecular weight is 482 g/mol. The van der Waals surface area contributed by atoms with Gasteiger partial charge in [-0.1, -0.05) is 39.7 Å². The lowest BCUT2D eigenvalue weighted by molar-refractivity contribution is -0.173.